The Morgan fingerprint density at radius 2 is 2.04 bits per heavy atom. The van der Waals surface area contributed by atoms with Crippen molar-refractivity contribution in [3.63, 3.8) is 0 Å². The first kappa shape index (κ1) is 15.6. The van der Waals surface area contributed by atoms with Crippen molar-refractivity contribution in [3.8, 4) is 0 Å². The average molecular weight is 323 g/mol. The number of hydrogen-bond donors (Lipinski definition) is 2. The molecule has 0 fully saturated rings. The highest BCUT2D eigenvalue weighted by Gasteiger charge is 2.30. The molecule has 23 heavy (non-hydrogen) atoms. The number of fused-ring (bicyclic) bond motifs is 1. The van der Waals surface area contributed by atoms with Crippen LogP contribution in [0.5, 0.6) is 0 Å². The summed E-state index contributed by atoms with van der Waals surface area (Å²) in [6, 6.07) is 4.82. The van der Waals surface area contributed by atoms with Crippen LogP contribution in [-0.2, 0) is 30.4 Å². The molecule has 1 aliphatic rings. The first-order valence-corrected chi connectivity index (χ1v) is 7.38. The van der Waals surface area contributed by atoms with E-state index in [9.17, 15) is 18.0 Å². The SMILES string of the molecule is O=C(NCc1ccc(C(F)(F)F)cc1)C1CCc2[nH]cnc2C1. The zero-order valence-electron chi connectivity index (χ0n) is 12.3. The monoisotopic (exact) mass is 323 g/mol. The first-order chi connectivity index (χ1) is 10.9. The summed E-state index contributed by atoms with van der Waals surface area (Å²) in [5, 5.41) is 2.79. The fourth-order valence-corrected chi connectivity index (χ4v) is 2.76. The minimum absolute atomic E-state index is 0.0847. The zero-order chi connectivity index (χ0) is 16.4. The van der Waals surface area contributed by atoms with Crippen LogP contribution in [0.25, 0.3) is 0 Å². The highest BCUT2D eigenvalue weighted by atomic mass is 19.4. The normalized spacial score (nSPS) is 17.6. The van der Waals surface area contributed by atoms with Gasteiger partial charge in [-0.15, -0.1) is 0 Å². The maximum absolute atomic E-state index is 12.5. The predicted molar refractivity (Wildman–Crippen MR) is 77.4 cm³/mol. The lowest BCUT2D eigenvalue weighted by molar-refractivity contribution is -0.137. The maximum Gasteiger partial charge on any atom is 0.416 e. The van der Waals surface area contributed by atoms with E-state index in [1.807, 2.05) is 0 Å². The molecule has 0 radical (unpaired) electrons. The number of benzene rings is 1. The van der Waals surface area contributed by atoms with E-state index in [0.29, 0.717) is 12.0 Å². The van der Waals surface area contributed by atoms with Crippen molar-refractivity contribution < 1.29 is 18.0 Å². The first-order valence-electron chi connectivity index (χ1n) is 7.38. The van der Waals surface area contributed by atoms with Crippen LogP contribution in [0, 0.1) is 5.92 Å². The quantitative estimate of drug-likeness (QED) is 0.912. The number of carbonyl (C=O) groups excluding carboxylic acids is 1. The molecule has 7 heteroatoms. The van der Waals surface area contributed by atoms with Crippen molar-refractivity contribution in [2.45, 2.75) is 32.0 Å². The average Bonchev–Trinajstić information content (AvgIpc) is 2.99. The minimum Gasteiger partial charge on any atom is -0.352 e. The van der Waals surface area contributed by atoms with Crippen LogP contribution < -0.4 is 5.32 Å². The second-order valence-corrected chi connectivity index (χ2v) is 5.68. The van der Waals surface area contributed by atoms with Gasteiger partial charge in [0.05, 0.1) is 17.6 Å². The third kappa shape index (κ3) is 3.55. The molecule has 1 aromatic carbocycles. The van der Waals surface area contributed by atoms with E-state index >= 15 is 0 Å². The van der Waals surface area contributed by atoms with Gasteiger partial charge in [-0.25, -0.2) is 4.98 Å². The van der Waals surface area contributed by atoms with Gasteiger partial charge in [-0.2, -0.15) is 13.2 Å². The second kappa shape index (κ2) is 6.06. The standard InChI is InChI=1S/C16H16F3N3O/c17-16(18,19)12-4-1-10(2-5-12)8-20-15(23)11-3-6-13-14(7-11)22-9-21-13/h1-2,4-5,9,11H,3,6-8H2,(H,20,23)(H,21,22). The van der Waals surface area contributed by atoms with Crippen molar-refractivity contribution in [2.24, 2.45) is 5.92 Å². The van der Waals surface area contributed by atoms with Crippen molar-refractivity contribution in [3.05, 3.63) is 53.1 Å². The number of hydrogen-bond acceptors (Lipinski definition) is 2. The molecule has 1 heterocycles. The molecule has 0 saturated heterocycles. The van der Waals surface area contributed by atoms with Gasteiger partial charge in [-0.3, -0.25) is 4.79 Å². The largest absolute Gasteiger partial charge is 0.416 e. The maximum atomic E-state index is 12.5. The molecule has 1 aromatic heterocycles. The summed E-state index contributed by atoms with van der Waals surface area (Å²) in [6.45, 7) is 0.223. The number of imidazole rings is 1. The van der Waals surface area contributed by atoms with Crippen molar-refractivity contribution in [2.75, 3.05) is 0 Å². The lowest BCUT2D eigenvalue weighted by atomic mass is 9.89. The summed E-state index contributed by atoms with van der Waals surface area (Å²) in [4.78, 5) is 19.5. The smallest absolute Gasteiger partial charge is 0.352 e. The van der Waals surface area contributed by atoms with Crippen LogP contribution in [0.4, 0.5) is 13.2 Å². The van der Waals surface area contributed by atoms with E-state index in [-0.39, 0.29) is 18.4 Å². The van der Waals surface area contributed by atoms with Crippen LogP contribution >= 0.6 is 0 Å². The number of aromatic nitrogens is 2. The number of alkyl halides is 3. The number of H-pyrrole nitrogens is 1. The third-order valence-electron chi connectivity index (χ3n) is 4.11. The number of carbonyl (C=O) groups is 1. The molecule has 3 rings (SSSR count). The van der Waals surface area contributed by atoms with Gasteiger partial charge in [0, 0.05) is 24.6 Å². The number of rotatable bonds is 3. The Labute approximate surface area is 131 Å². The van der Waals surface area contributed by atoms with Crippen LogP contribution in [0.1, 0.15) is 28.9 Å². The molecule has 1 amide bonds. The summed E-state index contributed by atoms with van der Waals surface area (Å²) in [5.41, 5.74) is 1.95. The molecule has 0 spiro atoms. The molecule has 1 aliphatic carbocycles. The molecule has 4 nitrogen and oxygen atoms in total. The number of nitrogens with one attached hydrogen (secondary N) is 2. The molecule has 2 N–H and O–H groups in total. The topological polar surface area (TPSA) is 57.8 Å². The Balaban J connectivity index is 1.55. The Kier molecular flexibility index (Phi) is 4.11. The lowest BCUT2D eigenvalue weighted by Gasteiger charge is -2.20. The molecule has 2 aromatic rings. The molecule has 1 atom stereocenters. The van der Waals surface area contributed by atoms with E-state index in [1.165, 1.54) is 12.1 Å². The Morgan fingerprint density at radius 3 is 2.74 bits per heavy atom. The Bertz CT molecular complexity index is 691. The number of nitrogens with zero attached hydrogens (tertiary/aromatic N) is 1. The Hall–Kier alpha value is -2.31. The molecule has 122 valence electrons. The van der Waals surface area contributed by atoms with Crippen LogP contribution in [-0.4, -0.2) is 15.9 Å². The fraction of sp³-hybridized carbons (Fsp3) is 0.375. The summed E-state index contributed by atoms with van der Waals surface area (Å²) < 4.78 is 37.5. The molecule has 0 saturated carbocycles. The van der Waals surface area contributed by atoms with Gasteiger partial charge in [0.2, 0.25) is 5.91 Å². The second-order valence-electron chi connectivity index (χ2n) is 5.68. The van der Waals surface area contributed by atoms with E-state index in [4.69, 9.17) is 0 Å². The number of aromatic amines is 1. The van der Waals surface area contributed by atoms with Gasteiger partial charge in [-0.1, -0.05) is 12.1 Å². The number of amides is 1. The third-order valence-corrected chi connectivity index (χ3v) is 4.11. The van der Waals surface area contributed by atoms with Crippen LogP contribution in [0.3, 0.4) is 0 Å². The van der Waals surface area contributed by atoms with Crippen LogP contribution in [0.15, 0.2) is 30.6 Å². The highest BCUT2D eigenvalue weighted by Crippen LogP contribution is 2.29. The summed E-state index contributed by atoms with van der Waals surface area (Å²) in [7, 11) is 0. The Morgan fingerprint density at radius 1 is 1.30 bits per heavy atom. The van der Waals surface area contributed by atoms with E-state index in [2.05, 4.69) is 15.3 Å². The van der Waals surface area contributed by atoms with E-state index in [0.717, 1.165) is 36.4 Å². The molecular weight excluding hydrogens is 307 g/mol. The van der Waals surface area contributed by atoms with Crippen LogP contribution in [0.2, 0.25) is 0 Å². The van der Waals surface area contributed by atoms with Crippen molar-refractivity contribution in [1.29, 1.82) is 0 Å². The lowest BCUT2D eigenvalue weighted by Crippen LogP contribution is -2.33. The zero-order valence-corrected chi connectivity index (χ0v) is 12.3. The highest BCUT2D eigenvalue weighted by molar-refractivity contribution is 5.79. The van der Waals surface area contributed by atoms with Crippen molar-refractivity contribution >= 4 is 5.91 Å². The van der Waals surface area contributed by atoms with Gasteiger partial charge in [0.15, 0.2) is 0 Å². The predicted octanol–water partition coefficient (Wildman–Crippen LogP) is 2.85. The molecular formula is C16H16F3N3O. The number of halogens is 3. The summed E-state index contributed by atoms with van der Waals surface area (Å²) in [6.07, 6.45) is -0.586. The summed E-state index contributed by atoms with van der Waals surface area (Å²) >= 11 is 0. The number of aryl methyl sites for hydroxylation is 1. The van der Waals surface area contributed by atoms with E-state index < -0.39 is 11.7 Å². The minimum atomic E-state index is -4.34. The molecule has 0 bridgehead atoms. The summed E-state index contributed by atoms with van der Waals surface area (Å²) in [5.74, 6) is -0.223. The van der Waals surface area contributed by atoms with Crippen molar-refractivity contribution in [1.82, 2.24) is 15.3 Å². The van der Waals surface area contributed by atoms with Gasteiger partial charge in [0.1, 0.15) is 0 Å². The van der Waals surface area contributed by atoms with Gasteiger partial charge < -0.3 is 10.3 Å². The van der Waals surface area contributed by atoms with Gasteiger partial charge in [-0.05, 0) is 30.5 Å². The fourth-order valence-electron chi connectivity index (χ4n) is 2.76. The van der Waals surface area contributed by atoms with Gasteiger partial charge in [0.25, 0.3) is 0 Å². The molecule has 0 aliphatic heterocycles. The van der Waals surface area contributed by atoms with Gasteiger partial charge >= 0.3 is 6.18 Å². The van der Waals surface area contributed by atoms with E-state index in [1.54, 1.807) is 6.33 Å². The molecule has 1 unspecified atom stereocenters.